The number of para-hydroxylation sites is 1. The van der Waals surface area contributed by atoms with Crippen molar-refractivity contribution in [3.8, 4) is 5.75 Å². The lowest BCUT2D eigenvalue weighted by Crippen LogP contribution is -2.36. The highest BCUT2D eigenvalue weighted by Crippen LogP contribution is 2.07. The topological polar surface area (TPSA) is 50.4 Å². The molecule has 0 radical (unpaired) electrons. The van der Waals surface area contributed by atoms with Gasteiger partial charge in [0, 0.05) is 7.05 Å². The first-order valence-corrected chi connectivity index (χ1v) is 3.52. The van der Waals surface area contributed by atoms with Crippen LogP contribution in [-0.4, -0.2) is 13.1 Å². The lowest BCUT2D eigenvalue weighted by atomic mass is 10.3. The van der Waals surface area contributed by atoms with Gasteiger partial charge in [0.2, 0.25) is 0 Å². The molecule has 12 heavy (non-hydrogen) atoms. The number of hydrazine groups is 1. The van der Waals surface area contributed by atoms with Crippen molar-refractivity contribution in [3.05, 3.63) is 30.3 Å². The van der Waals surface area contributed by atoms with E-state index in [0.29, 0.717) is 5.75 Å². The number of hydrogen-bond donors (Lipinski definition) is 2. The van der Waals surface area contributed by atoms with Gasteiger partial charge >= 0.3 is 6.09 Å². The van der Waals surface area contributed by atoms with E-state index in [0.717, 1.165) is 0 Å². The van der Waals surface area contributed by atoms with Gasteiger partial charge in [-0.15, -0.1) is 0 Å². The molecule has 0 aliphatic heterocycles. The van der Waals surface area contributed by atoms with Gasteiger partial charge in [-0.1, -0.05) is 18.2 Å². The Hall–Kier alpha value is -1.55. The number of rotatable bonds is 2. The Labute approximate surface area is 70.5 Å². The van der Waals surface area contributed by atoms with E-state index >= 15 is 0 Å². The first kappa shape index (κ1) is 8.55. The van der Waals surface area contributed by atoms with Gasteiger partial charge in [-0.25, -0.2) is 10.2 Å². The standard InChI is InChI=1S/C8H10N2O2/c1-9-10-8(11)12-7-5-3-2-4-6-7/h2-6,9H,1H3,(H,10,11). The molecule has 1 aromatic rings. The van der Waals surface area contributed by atoms with Crippen molar-refractivity contribution in [1.82, 2.24) is 10.9 Å². The lowest BCUT2D eigenvalue weighted by Gasteiger charge is -2.03. The largest absolute Gasteiger partial charge is 0.427 e. The van der Waals surface area contributed by atoms with Crippen LogP contribution in [0.3, 0.4) is 0 Å². The van der Waals surface area contributed by atoms with E-state index in [1.54, 1.807) is 31.3 Å². The quantitative estimate of drug-likeness (QED) is 0.642. The Balaban J connectivity index is 2.47. The molecular formula is C8H10N2O2. The summed E-state index contributed by atoms with van der Waals surface area (Å²) in [5.41, 5.74) is 4.75. The molecule has 0 heterocycles. The molecule has 0 spiro atoms. The Morgan fingerprint density at radius 3 is 2.58 bits per heavy atom. The number of carbonyl (C=O) groups is 1. The maximum Gasteiger partial charge on any atom is 0.427 e. The van der Waals surface area contributed by atoms with Crippen LogP contribution in [0.5, 0.6) is 5.75 Å². The van der Waals surface area contributed by atoms with Crippen LogP contribution in [0.15, 0.2) is 30.3 Å². The highest BCUT2D eigenvalue weighted by atomic mass is 16.6. The van der Waals surface area contributed by atoms with Crippen LogP contribution >= 0.6 is 0 Å². The third-order valence-electron chi connectivity index (χ3n) is 1.18. The molecule has 1 aromatic carbocycles. The number of amides is 1. The minimum absolute atomic E-state index is 0.519. The molecule has 4 heteroatoms. The number of ether oxygens (including phenoxy) is 1. The SMILES string of the molecule is CNNC(=O)Oc1ccccc1. The van der Waals surface area contributed by atoms with Crippen LogP contribution in [0, 0.1) is 0 Å². The molecule has 0 aliphatic rings. The van der Waals surface area contributed by atoms with Gasteiger partial charge in [0.25, 0.3) is 0 Å². The van der Waals surface area contributed by atoms with Gasteiger partial charge in [-0.2, -0.15) is 0 Å². The molecular weight excluding hydrogens is 156 g/mol. The zero-order chi connectivity index (χ0) is 8.81. The molecule has 0 unspecified atom stereocenters. The molecule has 0 aliphatic carbocycles. The second-order valence-corrected chi connectivity index (χ2v) is 2.08. The summed E-state index contributed by atoms with van der Waals surface area (Å²) in [5.74, 6) is 0.519. The van der Waals surface area contributed by atoms with E-state index in [2.05, 4.69) is 10.9 Å². The fraction of sp³-hybridized carbons (Fsp3) is 0.125. The fourth-order valence-corrected chi connectivity index (χ4v) is 0.723. The Morgan fingerprint density at radius 2 is 2.00 bits per heavy atom. The zero-order valence-electron chi connectivity index (χ0n) is 6.70. The summed E-state index contributed by atoms with van der Waals surface area (Å²) < 4.78 is 4.84. The van der Waals surface area contributed by atoms with E-state index in [9.17, 15) is 4.79 Å². The molecule has 0 fully saturated rings. The molecule has 64 valence electrons. The van der Waals surface area contributed by atoms with E-state index in [1.165, 1.54) is 0 Å². The van der Waals surface area contributed by atoms with Gasteiger partial charge < -0.3 is 4.74 Å². The smallest absolute Gasteiger partial charge is 0.409 e. The highest BCUT2D eigenvalue weighted by Gasteiger charge is 1.99. The first-order valence-electron chi connectivity index (χ1n) is 3.52. The van der Waals surface area contributed by atoms with Crippen molar-refractivity contribution in [2.24, 2.45) is 0 Å². The molecule has 0 bridgehead atoms. The van der Waals surface area contributed by atoms with Gasteiger partial charge in [0.05, 0.1) is 0 Å². The Kier molecular flexibility index (Phi) is 3.10. The summed E-state index contributed by atoms with van der Waals surface area (Å²) in [4.78, 5) is 10.8. The monoisotopic (exact) mass is 166 g/mol. The molecule has 0 saturated heterocycles. The van der Waals surface area contributed by atoms with E-state index in [-0.39, 0.29) is 0 Å². The zero-order valence-corrected chi connectivity index (χ0v) is 6.70. The molecule has 0 atom stereocenters. The maximum atomic E-state index is 10.8. The lowest BCUT2D eigenvalue weighted by molar-refractivity contribution is 0.196. The van der Waals surface area contributed by atoms with Crippen molar-refractivity contribution >= 4 is 6.09 Å². The summed E-state index contributed by atoms with van der Waals surface area (Å²) in [7, 11) is 1.59. The number of benzene rings is 1. The van der Waals surface area contributed by atoms with Gasteiger partial charge in [0.15, 0.2) is 0 Å². The van der Waals surface area contributed by atoms with Crippen LogP contribution in [0.1, 0.15) is 0 Å². The van der Waals surface area contributed by atoms with Crippen LogP contribution in [0.2, 0.25) is 0 Å². The van der Waals surface area contributed by atoms with Crippen molar-refractivity contribution < 1.29 is 9.53 Å². The van der Waals surface area contributed by atoms with Gasteiger partial charge in [-0.05, 0) is 12.1 Å². The summed E-state index contributed by atoms with van der Waals surface area (Å²) in [6.07, 6.45) is -0.524. The predicted octanol–water partition coefficient (Wildman–Crippen LogP) is 0.909. The van der Waals surface area contributed by atoms with Crippen LogP contribution in [-0.2, 0) is 0 Å². The third kappa shape index (κ3) is 2.59. The third-order valence-corrected chi connectivity index (χ3v) is 1.18. The number of carbonyl (C=O) groups excluding carboxylic acids is 1. The number of hydrogen-bond acceptors (Lipinski definition) is 3. The summed E-state index contributed by atoms with van der Waals surface area (Å²) in [5, 5.41) is 0. The molecule has 4 nitrogen and oxygen atoms in total. The van der Waals surface area contributed by atoms with Crippen LogP contribution < -0.4 is 15.6 Å². The van der Waals surface area contributed by atoms with Crippen molar-refractivity contribution in [2.45, 2.75) is 0 Å². The molecule has 1 amide bonds. The highest BCUT2D eigenvalue weighted by molar-refractivity contribution is 5.69. The minimum Gasteiger partial charge on any atom is -0.409 e. The molecule has 0 saturated carbocycles. The van der Waals surface area contributed by atoms with Crippen LogP contribution in [0.25, 0.3) is 0 Å². The van der Waals surface area contributed by atoms with Gasteiger partial charge in [-0.3, -0.25) is 5.43 Å². The first-order chi connectivity index (χ1) is 5.83. The maximum absolute atomic E-state index is 10.8. The average molecular weight is 166 g/mol. The van der Waals surface area contributed by atoms with Crippen LogP contribution in [0.4, 0.5) is 4.79 Å². The Morgan fingerprint density at radius 1 is 1.33 bits per heavy atom. The van der Waals surface area contributed by atoms with Crippen molar-refractivity contribution in [1.29, 1.82) is 0 Å². The number of nitrogens with one attached hydrogen (secondary N) is 2. The van der Waals surface area contributed by atoms with Gasteiger partial charge in [0.1, 0.15) is 5.75 Å². The van der Waals surface area contributed by atoms with E-state index < -0.39 is 6.09 Å². The minimum atomic E-state index is -0.524. The average Bonchev–Trinajstić information content (AvgIpc) is 2.06. The van der Waals surface area contributed by atoms with E-state index in [4.69, 9.17) is 4.74 Å². The second kappa shape index (κ2) is 4.35. The molecule has 2 N–H and O–H groups in total. The fourth-order valence-electron chi connectivity index (χ4n) is 0.723. The second-order valence-electron chi connectivity index (χ2n) is 2.08. The summed E-state index contributed by atoms with van der Waals surface area (Å²) in [6.45, 7) is 0. The Bertz CT molecular complexity index is 248. The predicted molar refractivity (Wildman–Crippen MR) is 44.7 cm³/mol. The normalized spacial score (nSPS) is 9.08. The van der Waals surface area contributed by atoms with Crippen molar-refractivity contribution in [3.63, 3.8) is 0 Å². The summed E-state index contributed by atoms with van der Waals surface area (Å²) >= 11 is 0. The van der Waals surface area contributed by atoms with Crippen molar-refractivity contribution in [2.75, 3.05) is 7.05 Å². The van der Waals surface area contributed by atoms with E-state index in [1.807, 2.05) is 6.07 Å². The molecule has 0 aromatic heterocycles. The summed E-state index contributed by atoms with van der Waals surface area (Å²) in [6, 6.07) is 8.84. The molecule has 1 rings (SSSR count).